The fraction of sp³-hybridized carbons (Fsp3) is 0.0588. The number of azide groups is 2. The molecule has 4 aromatic carbocycles. The molecule has 30 heteroatoms. The molecule has 0 amide bonds. The predicted octanol–water partition coefficient (Wildman–Crippen LogP) is 7.40. The minimum atomic E-state index is -7.22. The Hall–Kier alpha value is -5.71. The van der Waals surface area contributed by atoms with Crippen LogP contribution in [0.5, 0.6) is 0 Å². The molecule has 0 saturated heterocycles. The van der Waals surface area contributed by atoms with Crippen molar-refractivity contribution in [2.24, 2.45) is 10.2 Å². The highest BCUT2D eigenvalue weighted by atomic mass is 127. The van der Waals surface area contributed by atoms with Gasteiger partial charge in [0, 0.05) is 31.7 Å². The minimum Gasteiger partial charge on any atom is -0.207 e. The van der Waals surface area contributed by atoms with E-state index in [2.05, 4.69) is 32.2 Å². The molecule has 6 rings (SSSR count). The van der Waals surface area contributed by atoms with E-state index in [1.54, 1.807) is 22.7 Å². The van der Waals surface area contributed by atoms with Gasteiger partial charge in [-0.25, -0.2) is 87.8 Å². The SMILES string of the molecule is Fc1c(F)c(F)c([B-](c2c(F)c(F)c(F)c(F)c2F)(c2c(F)c(F)c(F)c(F)c2F)c2c(F)c(F)c(F)c(F)c2F)c(F)c1F.[N-]=[N+]=NCc1ccc([I+]c2ccc(CN=[N+]=[N-])s2)s1. The van der Waals surface area contributed by atoms with Crippen molar-refractivity contribution in [2.75, 3.05) is 0 Å². The summed E-state index contributed by atoms with van der Waals surface area (Å²) >= 11 is 3.21. The monoisotopic (exact) mass is 1080 g/mol. The third-order valence-corrected chi connectivity index (χ3v) is 14.6. The van der Waals surface area contributed by atoms with E-state index in [1.807, 2.05) is 12.1 Å². The Kier molecular flexibility index (Phi) is 14.8. The van der Waals surface area contributed by atoms with Gasteiger partial charge in [-0.05, 0) is 23.2 Å². The van der Waals surface area contributed by atoms with Gasteiger partial charge < -0.3 is 0 Å². The van der Waals surface area contributed by atoms with Gasteiger partial charge in [0.1, 0.15) is 52.7 Å². The summed E-state index contributed by atoms with van der Waals surface area (Å²) in [7, 11) is 0. The van der Waals surface area contributed by atoms with Gasteiger partial charge in [0.05, 0.1) is 13.1 Å². The first kappa shape index (κ1) is 49.3. The molecule has 6 nitrogen and oxygen atoms in total. The van der Waals surface area contributed by atoms with Crippen LogP contribution in [0, 0.1) is 122 Å². The summed E-state index contributed by atoms with van der Waals surface area (Å²) in [6.07, 6.45) is -7.22. The maximum absolute atomic E-state index is 15.4. The fourth-order valence-corrected chi connectivity index (χ4v) is 12.6. The summed E-state index contributed by atoms with van der Waals surface area (Å²) in [5.74, 6) is -71.4. The largest absolute Gasteiger partial charge is 0.381 e. The zero-order valence-electron chi connectivity index (χ0n) is 29.7. The average molecular weight is 1080 g/mol. The van der Waals surface area contributed by atoms with Gasteiger partial charge in [0.2, 0.25) is 5.77 Å². The molecule has 0 N–H and O–H groups in total. The molecule has 0 radical (unpaired) electrons. The summed E-state index contributed by atoms with van der Waals surface area (Å²) in [5.41, 5.74) is 2.23. The molecular formula is C34H8BF20IN6S2. The second-order valence-corrected chi connectivity index (χ2v) is 18.7. The van der Waals surface area contributed by atoms with Crippen LogP contribution in [0.3, 0.4) is 0 Å². The summed E-state index contributed by atoms with van der Waals surface area (Å²) in [6, 6.07) is 8.24. The first-order valence-electron chi connectivity index (χ1n) is 16.1. The van der Waals surface area contributed by atoms with Crippen molar-refractivity contribution >= 4 is 50.7 Å². The zero-order valence-corrected chi connectivity index (χ0v) is 33.5. The normalized spacial score (nSPS) is 11.3. The van der Waals surface area contributed by atoms with Crippen LogP contribution in [-0.4, -0.2) is 6.15 Å². The molecular weight excluding hydrogens is 1070 g/mol. The van der Waals surface area contributed by atoms with Crippen molar-refractivity contribution in [1.82, 2.24) is 0 Å². The van der Waals surface area contributed by atoms with Gasteiger partial charge in [-0.1, -0.05) is 32.9 Å². The molecule has 0 aliphatic rings. The number of thiophene rings is 2. The topological polar surface area (TPSA) is 97.5 Å². The Labute approximate surface area is 358 Å². The molecule has 0 atom stereocenters. The first-order valence-corrected chi connectivity index (χ1v) is 19.9. The lowest BCUT2D eigenvalue weighted by Gasteiger charge is -2.44. The van der Waals surface area contributed by atoms with Gasteiger partial charge in [-0.15, -0.1) is 21.9 Å². The van der Waals surface area contributed by atoms with Crippen molar-refractivity contribution in [1.29, 1.82) is 0 Å². The van der Waals surface area contributed by atoms with E-state index in [0.29, 0.717) is 13.1 Å². The van der Waals surface area contributed by atoms with Crippen molar-refractivity contribution in [3.63, 3.8) is 0 Å². The maximum Gasteiger partial charge on any atom is 0.381 e. The summed E-state index contributed by atoms with van der Waals surface area (Å²) < 4.78 is 297. The Balaban J connectivity index is 0.000000337. The van der Waals surface area contributed by atoms with Crippen molar-refractivity contribution < 1.29 is 109 Å². The molecule has 0 spiro atoms. The number of hydrogen-bond donors (Lipinski definition) is 0. The Morgan fingerprint density at radius 3 is 0.766 bits per heavy atom. The molecule has 6 aromatic rings. The highest BCUT2D eigenvalue weighted by molar-refractivity contribution is 7.20. The van der Waals surface area contributed by atoms with Gasteiger partial charge in [0.15, 0.2) is 69.8 Å². The highest BCUT2D eigenvalue weighted by Gasteiger charge is 2.52. The van der Waals surface area contributed by atoms with E-state index in [1.165, 1.54) is 5.77 Å². The van der Waals surface area contributed by atoms with Crippen LogP contribution < -0.4 is 43.1 Å². The van der Waals surface area contributed by atoms with Crippen LogP contribution in [0.4, 0.5) is 87.8 Å². The van der Waals surface area contributed by atoms with Crippen LogP contribution in [0.2, 0.25) is 0 Å². The first-order chi connectivity index (χ1) is 30.0. The van der Waals surface area contributed by atoms with Gasteiger partial charge in [0.25, 0.3) is 0 Å². The second-order valence-electron chi connectivity index (χ2n) is 12.1. The van der Waals surface area contributed by atoms with E-state index in [9.17, 15) is 52.7 Å². The Bertz CT molecular complexity index is 2530. The quantitative estimate of drug-likeness (QED) is 0.0200. The van der Waals surface area contributed by atoms with E-state index >= 15 is 35.1 Å². The number of benzene rings is 4. The Morgan fingerprint density at radius 2 is 0.562 bits per heavy atom. The number of halogens is 21. The molecule has 0 bridgehead atoms. The minimum absolute atomic E-state index is 0.194. The van der Waals surface area contributed by atoms with Crippen LogP contribution in [0.15, 0.2) is 34.5 Å². The van der Waals surface area contributed by atoms with Crippen LogP contribution in [-0.2, 0) is 13.1 Å². The number of hydrogen-bond acceptors (Lipinski definition) is 4. The van der Waals surface area contributed by atoms with Crippen molar-refractivity contribution in [3.8, 4) is 0 Å². The molecule has 0 aliphatic heterocycles. The van der Waals surface area contributed by atoms with Crippen molar-refractivity contribution in [2.45, 2.75) is 13.1 Å². The van der Waals surface area contributed by atoms with Crippen LogP contribution >= 0.6 is 22.7 Å². The molecule has 64 heavy (non-hydrogen) atoms. The standard InChI is InChI=1S/C24BF20.C10H8IN6S2/c26-5-1(6(27)14(35)21(42)13(5)34)25(2-7(28)15(36)22(43)16(37)8(2)29,3-9(30)17(38)23(44)18(39)10(3)31)4-11(32)19(40)24(45)20(41)12(4)33;12-16-14-5-7-1-3-9(18-7)11-10-4-2-8(19-10)6-15-17-13/h;1-4H,5-6H2/q-1;+1. The highest BCUT2D eigenvalue weighted by Crippen LogP contribution is 2.31. The van der Waals surface area contributed by atoms with Gasteiger partial charge >= 0.3 is 21.2 Å². The Morgan fingerprint density at radius 1 is 0.359 bits per heavy atom. The van der Waals surface area contributed by atoms with Crippen molar-refractivity contribution in [3.05, 3.63) is 177 Å². The third-order valence-electron chi connectivity index (χ3n) is 8.73. The van der Waals surface area contributed by atoms with Gasteiger partial charge in [-0.2, -0.15) is 0 Å². The van der Waals surface area contributed by atoms with E-state index in [4.69, 9.17) is 11.1 Å². The van der Waals surface area contributed by atoms with Gasteiger partial charge in [-0.3, -0.25) is 0 Å². The summed E-state index contributed by atoms with van der Waals surface area (Å²) in [4.78, 5) is 7.71. The smallest absolute Gasteiger partial charge is 0.207 e. The molecule has 0 saturated carbocycles. The molecule has 2 heterocycles. The molecule has 2 aromatic heterocycles. The second kappa shape index (κ2) is 19.2. The lowest BCUT2D eigenvalue weighted by atomic mass is 9.12. The average Bonchev–Trinajstić information content (AvgIpc) is 3.93. The van der Waals surface area contributed by atoms with E-state index in [0.717, 1.165) is 9.75 Å². The van der Waals surface area contributed by atoms with E-state index in [-0.39, 0.29) is 21.2 Å². The van der Waals surface area contributed by atoms with E-state index < -0.39 is 144 Å². The predicted molar refractivity (Wildman–Crippen MR) is 181 cm³/mol. The number of nitrogens with zero attached hydrogens (tertiary/aromatic N) is 6. The molecule has 0 unspecified atom stereocenters. The third kappa shape index (κ3) is 8.27. The summed E-state index contributed by atoms with van der Waals surface area (Å²) in [5, 5.41) is 7.12. The zero-order chi connectivity index (χ0) is 47.9. The molecule has 0 aliphatic carbocycles. The lowest BCUT2D eigenvalue weighted by Crippen LogP contribution is -3.61. The lowest BCUT2D eigenvalue weighted by molar-refractivity contribution is -0.585. The molecule has 336 valence electrons. The summed E-state index contributed by atoms with van der Waals surface area (Å²) in [6.45, 7) is 0.856. The fourth-order valence-electron chi connectivity index (χ4n) is 6.14. The van der Waals surface area contributed by atoms with Crippen LogP contribution in [0.1, 0.15) is 9.75 Å². The van der Waals surface area contributed by atoms with Crippen LogP contribution in [0.25, 0.3) is 20.9 Å². The number of rotatable bonds is 10. The maximum atomic E-state index is 15.4. The molecule has 0 fully saturated rings.